The van der Waals surface area contributed by atoms with Crippen LogP contribution >= 0.6 is 11.8 Å². The molecule has 0 fully saturated rings. The van der Waals surface area contributed by atoms with Gasteiger partial charge in [-0.1, -0.05) is 0 Å². The number of nitrogens with zero attached hydrogens (tertiary/aromatic N) is 2. The van der Waals surface area contributed by atoms with Crippen LogP contribution in [0.1, 0.15) is 12.1 Å². The van der Waals surface area contributed by atoms with Gasteiger partial charge in [-0.2, -0.15) is 29.9 Å². The predicted molar refractivity (Wildman–Crippen MR) is 62.9 cm³/mol. The average molecular weight is 266 g/mol. The molecule has 0 radical (unpaired) electrons. The minimum Gasteiger partial charge on any atom is -0.370 e. The molecule has 96 valence electrons. The maximum atomic E-state index is 12.4. The molecule has 1 heterocycles. The molecule has 0 atom stereocenters. The van der Waals surface area contributed by atoms with Crippen LogP contribution in [0.5, 0.6) is 0 Å². The van der Waals surface area contributed by atoms with Crippen LogP contribution in [0.25, 0.3) is 0 Å². The molecule has 0 aliphatic carbocycles. The van der Waals surface area contributed by atoms with Crippen LogP contribution in [-0.2, 0) is 6.18 Å². The largest absolute Gasteiger partial charge is 0.433 e. The summed E-state index contributed by atoms with van der Waals surface area (Å²) in [5.74, 6) is 0.651. The molecule has 0 spiro atoms. The highest BCUT2D eigenvalue weighted by Crippen LogP contribution is 2.29. The fourth-order valence-electron chi connectivity index (χ4n) is 1.13. The van der Waals surface area contributed by atoms with Gasteiger partial charge in [-0.3, -0.25) is 0 Å². The van der Waals surface area contributed by atoms with Crippen molar-refractivity contribution in [1.82, 2.24) is 9.97 Å². The van der Waals surface area contributed by atoms with E-state index in [4.69, 9.17) is 5.73 Å². The number of nitrogens with one attached hydrogen (secondary N) is 1. The Hall–Kier alpha value is -1.18. The van der Waals surface area contributed by atoms with E-state index in [1.165, 1.54) is 0 Å². The molecule has 0 aliphatic heterocycles. The van der Waals surface area contributed by atoms with Crippen LogP contribution in [0.3, 0.4) is 0 Å². The number of nitrogen functional groups attached to an aromatic ring is 1. The second-order valence-electron chi connectivity index (χ2n) is 3.27. The van der Waals surface area contributed by atoms with Crippen molar-refractivity contribution in [2.75, 3.05) is 29.6 Å². The Morgan fingerprint density at radius 1 is 1.41 bits per heavy atom. The van der Waals surface area contributed by atoms with Crippen molar-refractivity contribution in [3.8, 4) is 0 Å². The SMILES string of the molecule is CSCCCNc1cc(C(F)(F)F)nc(N)n1. The average Bonchev–Trinajstić information content (AvgIpc) is 2.22. The van der Waals surface area contributed by atoms with E-state index >= 15 is 0 Å². The van der Waals surface area contributed by atoms with Gasteiger partial charge < -0.3 is 11.1 Å². The lowest BCUT2D eigenvalue weighted by Gasteiger charge is -2.09. The third-order valence-electron chi connectivity index (χ3n) is 1.87. The standard InChI is InChI=1S/C9H13F3N4S/c1-17-4-2-3-14-7-5-6(9(10,11)12)15-8(13)16-7/h5H,2-4H2,1H3,(H3,13,14,15,16). The van der Waals surface area contributed by atoms with Gasteiger partial charge in [0.15, 0.2) is 5.69 Å². The highest BCUT2D eigenvalue weighted by molar-refractivity contribution is 7.98. The molecule has 0 saturated carbocycles. The van der Waals surface area contributed by atoms with E-state index in [2.05, 4.69) is 15.3 Å². The normalized spacial score (nSPS) is 11.5. The molecule has 0 aliphatic rings. The van der Waals surface area contributed by atoms with Gasteiger partial charge in [-0.05, 0) is 18.4 Å². The number of nitrogens with two attached hydrogens (primary N) is 1. The molecule has 0 amide bonds. The molecular formula is C9H13F3N4S. The minimum atomic E-state index is -4.51. The molecule has 8 heteroatoms. The summed E-state index contributed by atoms with van der Waals surface area (Å²) in [6, 6.07) is 0.857. The van der Waals surface area contributed by atoms with E-state index in [1.807, 2.05) is 6.26 Å². The van der Waals surface area contributed by atoms with Gasteiger partial charge in [0.25, 0.3) is 0 Å². The summed E-state index contributed by atoms with van der Waals surface area (Å²) in [6.07, 6.45) is -1.70. The van der Waals surface area contributed by atoms with Gasteiger partial charge in [-0.15, -0.1) is 0 Å². The maximum absolute atomic E-state index is 12.4. The topological polar surface area (TPSA) is 63.8 Å². The Balaban J connectivity index is 2.69. The summed E-state index contributed by atoms with van der Waals surface area (Å²) in [7, 11) is 0. The zero-order valence-corrected chi connectivity index (χ0v) is 10.0. The van der Waals surface area contributed by atoms with Crippen molar-refractivity contribution in [2.24, 2.45) is 0 Å². The first-order valence-electron chi connectivity index (χ1n) is 4.88. The van der Waals surface area contributed by atoms with E-state index < -0.39 is 11.9 Å². The fourth-order valence-corrected chi connectivity index (χ4v) is 1.57. The number of thioether (sulfide) groups is 1. The number of anilines is 2. The monoisotopic (exact) mass is 266 g/mol. The summed E-state index contributed by atoms with van der Waals surface area (Å²) >= 11 is 1.67. The Bertz CT molecular complexity index is 370. The Labute approximate surface area is 101 Å². The van der Waals surface area contributed by atoms with E-state index in [0.29, 0.717) is 6.54 Å². The van der Waals surface area contributed by atoms with E-state index in [1.54, 1.807) is 11.8 Å². The van der Waals surface area contributed by atoms with Gasteiger partial charge in [-0.25, -0.2) is 4.98 Å². The lowest BCUT2D eigenvalue weighted by molar-refractivity contribution is -0.141. The smallest absolute Gasteiger partial charge is 0.370 e. The lowest BCUT2D eigenvalue weighted by atomic mass is 10.3. The second-order valence-corrected chi connectivity index (χ2v) is 4.25. The first kappa shape index (κ1) is 13.9. The third kappa shape index (κ3) is 4.68. The molecule has 17 heavy (non-hydrogen) atoms. The fraction of sp³-hybridized carbons (Fsp3) is 0.556. The molecule has 0 aromatic carbocycles. The molecule has 0 bridgehead atoms. The second kappa shape index (κ2) is 5.95. The molecule has 0 unspecified atom stereocenters. The van der Waals surface area contributed by atoms with Gasteiger partial charge in [0.2, 0.25) is 5.95 Å². The number of halogens is 3. The van der Waals surface area contributed by atoms with Crippen molar-refractivity contribution < 1.29 is 13.2 Å². The number of aromatic nitrogens is 2. The molecule has 1 aromatic heterocycles. The summed E-state index contributed by atoms with van der Waals surface area (Å²) < 4.78 is 37.2. The lowest BCUT2D eigenvalue weighted by Crippen LogP contribution is -2.13. The highest BCUT2D eigenvalue weighted by atomic mass is 32.2. The number of hydrogen-bond donors (Lipinski definition) is 2. The van der Waals surface area contributed by atoms with Crippen molar-refractivity contribution >= 4 is 23.5 Å². The Morgan fingerprint density at radius 3 is 2.71 bits per heavy atom. The summed E-state index contributed by atoms with van der Waals surface area (Å²) in [6.45, 7) is 0.550. The van der Waals surface area contributed by atoms with Gasteiger partial charge in [0.1, 0.15) is 5.82 Å². The molecule has 1 rings (SSSR count). The van der Waals surface area contributed by atoms with E-state index in [-0.39, 0.29) is 11.8 Å². The van der Waals surface area contributed by atoms with Crippen LogP contribution in [-0.4, -0.2) is 28.5 Å². The quantitative estimate of drug-likeness (QED) is 0.800. The Morgan fingerprint density at radius 2 is 2.12 bits per heavy atom. The van der Waals surface area contributed by atoms with E-state index in [0.717, 1.165) is 18.2 Å². The van der Waals surface area contributed by atoms with Crippen molar-refractivity contribution in [3.05, 3.63) is 11.8 Å². The summed E-state index contributed by atoms with van der Waals surface area (Å²) in [5, 5.41) is 2.79. The van der Waals surface area contributed by atoms with Gasteiger partial charge >= 0.3 is 6.18 Å². The maximum Gasteiger partial charge on any atom is 0.433 e. The molecular weight excluding hydrogens is 253 g/mol. The minimum absolute atomic E-state index is 0.103. The van der Waals surface area contributed by atoms with Crippen LogP contribution in [0, 0.1) is 0 Å². The van der Waals surface area contributed by atoms with Crippen molar-refractivity contribution in [1.29, 1.82) is 0 Å². The van der Waals surface area contributed by atoms with Gasteiger partial charge in [0, 0.05) is 12.6 Å². The zero-order valence-electron chi connectivity index (χ0n) is 9.21. The van der Waals surface area contributed by atoms with Crippen LogP contribution in [0.2, 0.25) is 0 Å². The van der Waals surface area contributed by atoms with E-state index in [9.17, 15) is 13.2 Å². The van der Waals surface area contributed by atoms with Crippen molar-refractivity contribution in [2.45, 2.75) is 12.6 Å². The predicted octanol–water partition coefficient (Wildman–Crippen LogP) is 2.24. The van der Waals surface area contributed by atoms with Crippen LogP contribution in [0.4, 0.5) is 24.9 Å². The summed E-state index contributed by atoms with van der Waals surface area (Å²) in [5.41, 5.74) is 4.19. The number of hydrogen-bond acceptors (Lipinski definition) is 5. The Kier molecular flexibility index (Phi) is 4.86. The molecule has 0 saturated heterocycles. The number of rotatable bonds is 5. The summed E-state index contributed by atoms with van der Waals surface area (Å²) in [4.78, 5) is 6.84. The van der Waals surface area contributed by atoms with Gasteiger partial charge in [0.05, 0.1) is 0 Å². The molecule has 3 N–H and O–H groups in total. The molecule has 1 aromatic rings. The van der Waals surface area contributed by atoms with Crippen molar-refractivity contribution in [3.63, 3.8) is 0 Å². The zero-order chi connectivity index (χ0) is 12.9. The van der Waals surface area contributed by atoms with Crippen LogP contribution in [0.15, 0.2) is 6.07 Å². The first-order chi connectivity index (χ1) is 7.93. The molecule has 4 nitrogen and oxygen atoms in total. The van der Waals surface area contributed by atoms with Crippen LogP contribution < -0.4 is 11.1 Å². The number of alkyl halides is 3. The highest BCUT2D eigenvalue weighted by Gasteiger charge is 2.33. The first-order valence-corrected chi connectivity index (χ1v) is 6.27. The third-order valence-corrected chi connectivity index (χ3v) is 2.56.